The number of rotatable bonds is 2. The van der Waals surface area contributed by atoms with Gasteiger partial charge in [0.15, 0.2) is 11.6 Å². The van der Waals surface area contributed by atoms with E-state index in [1.807, 2.05) is 0 Å². The molecule has 0 aliphatic carbocycles. The maximum Gasteiger partial charge on any atom is 0.245 e. The summed E-state index contributed by atoms with van der Waals surface area (Å²) in [5.41, 5.74) is 6.73. The zero-order valence-corrected chi connectivity index (χ0v) is 11.2. The number of halogens is 3. The Hall–Kier alpha value is -2.18. The first-order valence-corrected chi connectivity index (χ1v) is 6.36. The predicted octanol–water partition coefficient (Wildman–Crippen LogP) is 3.36. The van der Waals surface area contributed by atoms with Crippen molar-refractivity contribution in [2.75, 3.05) is 5.32 Å². The lowest BCUT2D eigenvalue weighted by atomic mass is 10.1. The van der Waals surface area contributed by atoms with Crippen LogP contribution in [0.3, 0.4) is 0 Å². The van der Waals surface area contributed by atoms with Crippen LogP contribution >= 0.6 is 11.6 Å². The van der Waals surface area contributed by atoms with Gasteiger partial charge in [-0.3, -0.25) is 4.79 Å². The Morgan fingerprint density at radius 3 is 2.67 bits per heavy atom. The number of fused-ring (bicyclic) bond motifs is 1. The summed E-state index contributed by atoms with van der Waals surface area (Å²) < 4.78 is 31.4. The Bertz CT molecular complexity index is 752. The molecule has 3 N–H and O–H groups in total. The normalized spacial score (nSPS) is 16.6. The first-order chi connectivity index (χ1) is 9.95. The van der Waals surface area contributed by atoms with Crippen LogP contribution < -0.4 is 15.8 Å². The highest BCUT2D eigenvalue weighted by atomic mass is 35.5. The first-order valence-electron chi connectivity index (χ1n) is 5.98. The van der Waals surface area contributed by atoms with E-state index >= 15 is 0 Å². The zero-order valence-electron chi connectivity index (χ0n) is 10.5. The van der Waals surface area contributed by atoms with Crippen LogP contribution in [0.2, 0.25) is 5.02 Å². The van der Waals surface area contributed by atoms with E-state index in [2.05, 4.69) is 5.32 Å². The molecule has 1 aliphatic rings. The summed E-state index contributed by atoms with van der Waals surface area (Å²) in [7, 11) is 0. The van der Waals surface area contributed by atoms with Crippen LogP contribution in [0.4, 0.5) is 14.5 Å². The van der Waals surface area contributed by atoms with Crippen LogP contribution in [0.15, 0.2) is 30.3 Å². The second kappa shape index (κ2) is 4.98. The fraction of sp³-hybridized carbons (Fsp3) is 0.0714. The van der Waals surface area contributed by atoms with Gasteiger partial charge in [-0.05, 0) is 18.2 Å². The van der Waals surface area contributed by atoms with Crippen LogP contribution in [-0.2, 0) is 4.79 Å². The molecule has 7 heteroatoms. The number of nitrogens with one attached hydrogen (secondary N) is 1. The molecular weight excluding hydrogens is 302 g/mol. The number of ether oxygens (including phenoxy) is 1. The average molecular weight is 311 g/mol. The number of benzene rings is 2. The molecule has 1 amide bonds. The van der Waals surface area contributed by atoms with Gasteiger partial charge in [-0.1, -0.05) is 11.6 Å². The van der Waals surface area contributed by atoms with Gasteiger partial charge in [0.05, 0.1) is 5.02 Å². The highest BCUT2D eigenvalue weighted by Gasteiger charge is 2.28. The molecule has 1 heterocycles. The lowest BCUT2D eigenvalue weighted by molar-refractivity contribution is -0.116. The third-order valence-electron chi connectivity index (χ3n) is 3.10. The van der Waals surface area contributed by atoms with Crippen LogP contribution in [0, 0.1) is 11.6 Å². The lowest BCUT2D eigenvalue weighted by Crippen LogP contribution is -2.19. The molecule has 21 heavy (non-hydrogen) atoms. The van der Waals surface area contributed by atoms with Crippen molar-refractivity contribution < 1.29 is 18.3 Å². The standard InChI is InChI=1S/C14H9ClF2N2O2/c15-8-4-7-11(19-14(20)13(7)18)5-12(8)21-6-1-2-9(16)10(17)3-6/h1-5,13H,18H2,(H,19,20). The molecule has 0 fully saturated rings. The smallest absolute Gasteiger partial charge is 0.245 e. The van der Waals surface area contributed by atoms with E-state index in [0.717, 1.165) is 12.1 Å². The monoisotopic (exact) mass is 310 g/mol. The van der Waals surface area contributed by atoms with Crippen LogP contribution in [-0.4, -0.2) is 5.91 Å². The van der Waals surface area contributed by atoms with Crippen molar-refractivity contribution in [2.24, 2.45) is 5.73 Å². The third kappa shape index (κ3) is 2.43. The molecule has 0 bridgehead atoms. The molecule has 0 aromatic heterocycles. The summed E-state index contributed by atoms with van der Waals surface area (Å²) in [5, 5.41) is 2.80. The molecule has 0 saturated heterocycles. The molecule has 1 unspecified atom stereocenters. The number of amides is 1. The minimum absolute atomic E-state index is 0.0874. The fourth-order valence-corrected chi connectivity index (χ4v) is 2.24. The topological polar surface area (TPSA) is 64.4 Å². The van der Waals surface area contributed by atoms with Gasteiger partial charge in [0, 0.05) is 23.4 Å². The molecule has 0 spiro atoms. The second-order valence-electron chi connectivity index (χ2n) is 4.51. The van der Waals surface area contributed by atoms with Crippen molar-refractivity contribution in [3.8, 4) is 11.5 Å². The fourth-order valence-electron chi connectivity index (χ4n) is 2.03. The SMILES string of the molecule is NC1C(=O)Nc2cc(Oc3ccc(F)c(F)c3)c(Cl)cc21. The highest BCUT2D eigenvalue weighted by molar-refractivity contribution is 6.32. The summed E-state index contributed by atoms with van der Waals surface area (Å²) in [4.78, 5) is 11.5. The van der Waals surface area contributed by atoms with Crippen molar-refractivity contribution in [1.82, 2.24) is 0 Å². The molecule has 0 saturated carbocycles. The van der Waals surface area contributed by atoms with Gasteiger partial charge < -0.3 is 15.8 Å². The van der Waals surface area contributed by atoms with Crippen molar-refractivity contribution in [1.29, 1.82) is 0 Å². The van der Waals surface area contributed by atoms with Crippen LogP contribution in [0.25, 0.3) is 0 Å². The summed E-state index contributed by atoms with van der Waals surface area (Å²) in [6, 6.07) is 5.34. The van der Waals surface area contributed by atoms with Gasteiger partial charge in [-0.2, -0.15) is 0 Å². The summed E-state index contributed by atoms with van der Waals surface area (Å²) in [6.45, 7) is 0. The minimum Gasteiger partial charge on any atom is -0.456 e. The van der Waals surface area contributed by atoms with E-state index in [1.165, 1.54) is 18.2 Å². The van der Waals surface area contributed by atoms with Gasteiger partial charge in [0.2, 0.25) is 5.91 Å². The molecule has 2 aromatic rings. The number of hydrogen-bond acceptors (Lipinski definition) is 3. The van der Waals surface area contributed by atoms with E-state index in [1.54, 1.807) is 0 Å². The third-order valence-corrected chi connectivity index (χ3v) is 3.39. The van der Waals surface area contributed by atoms with Gasteiger partial charge in [0.25, 0.3) is 0 Å². The van der Waals surface area contributed by atoms with Crippen molar-refractivity contribution in [3.05, 3.63) is 52.6 Å². The summed E-state index contributed by atoms with van der Waals surface area (Å²) >= 11 is 6.05. The maximum absolute atomic E-state index is 13.1. The molecule has 0 radical (unpaired) electrons. The van der Waals surface area contributed by atoms with E-state index in [-0.39, 0.29) is 22.4 Å². The Labute approximate surface area is 123 Å². The lowest BCUT2D eigenvalue weighted by Gasteiger charge is -2.10. The zero-order chi connectivity index (χ0) is 15.1. The quantitative estimate of drug-likeness (QED) is 0.894. The highest BCUT2D eigenvalue weighted by Crippen LogP contribution is 2.39. The van der Waals surface area contributed by atoms with Crippen LogP contribution in [0.5, 0.6) is 11.5 Å². The number of nitrogens with two attached hydrogens (primary N) is 1. The number of hydrogen-bond donors (Lipinski definition) is 2. The predicted molar refractivity (Wildman–Crippen MR) is 73.4 cm³/mol. The minimum atomic E-state index is -1.03. The second-order valence-corrected chi connectivity index (χ2v) is 4.92. The Morgan fingerprint density at radius 1 is 1.19 bits per heavy atom. The van der Waals surface area contributed by atoms with Gasteiger partial charge in [-0.25, -0.2) is 8.78 Å². The molecule has 1 aliphatic heterocycles. The van der Waals surface area contributed by atoms with Gasteiger partial charge >= 0.3 is 0 Å². The molecule has 108 valence electrons. The first kappa shape index (κ1) is 13.8. The van der Waals surface area contributed by atoms with E-state index < -0.39 is 17.7 Å². The van der Waals surface area contributed by atoms with Crippen LogP contribution in [0.1, 0.15) is 11.6 Å². The molecule has 3 rings (SSSR count). The Balaban J connectivity index is 1.95. The molecule has 2 aromatic carbocycles. The van der Waals surface area contributed by atoms with E-state index in [4.69, 9.17) is 22.1 Å². The molecule has 4 nitrogen and oxygen atoms in total. The largest absolute Gasteiger partial charge is 0.456 e. The van der Waals surface area contributed by atoms with Crippen molar-refractivity contribution in [2.45, 2.75) is 6.04 Å². The summed E-state index contributed by atoms with van der Waals surface area (Å²) in [6.07, 6.45) is 0. The van der Waals surface area contributed by atoms with Gasteiger partial charge in [-0.15, -0.1) is 0 Å². The average Bonchev–Trinajstić information content (AvgIpc) is 2.70. The van der Waals surface area contributed by atoms with Gasteiger partial charge in [0.1, 0.15) is 17.5 Å². The van der Waals surface area contributed by atoms with E-state index in [9.17, 15) is 13.6 Å². The Morgan fingerprint density at radius 2 is 1.95 bits per heavy atom. The Kier molecular flexibility index (Phi) is 3.27. The van der Waals surface area contributed by atoms with E-state index in [0.29, 0.717) is 11.3 Å². The maximum atomic E-state index is 13.1. The molecular formula is C14H9ClF2N2O2. The number of carbonyl (C=O) groups excluding carboxylic acids is 1. The molecule has 1 atom stereocenters. The number of carbonyl (C=O) groups is 1. The number of anilines is 1. The summed E-state index contributed by atoms with van der Waals surface area (Å²) in [5.74, 6) is -2.05. The van der Waals surface area contributed by atoms with Crippen molar-refractivity contribution in [3.63, 3.8) is 0 Å². The van der Waals surface area contributed by atoms with Crippen molar-refractivity contribution >= 4 is 23.2 Å².